The fourth-order valence-electron chi connectivity index (χ4n) is 5.07. The molecule has 6 nitrogen and oxygen atoms in total. The van der Waals surface area contributed by atoms with Crippen molar-refractivity contribution < 1.29 is 17.9 Å². The minimum Gasteiger partial charge on any atom is -0.381 e. The van der Waals surface area contributed by atoms with E-state index in [9.17, 15) is 8.42 Å². The van der Waals surface area contributed by atoms with E-state index in [1.807, 2.05) is 18.2 Å². The SMILES string of the molecule is O=S(=O)(c1cccc2cccnc12)N1CCC2(CC1)CC(CCOCC1CC1)CCO2. The Morgan fingerprint density at radius 3 is 2.71 bits per heavy atom. The molecule has 5 rings (SSSR count). The van der Waals surface area contributed by atoms with Crippen molar-refractivity contribution in [3.05, 3.63) is 36.5 Å². The minimum atomic E-state index is -3.58. The highest BCUT2D eigenvalue weighted by atomic mass is 32.2. The van der Waals surface area contributed by atoms with Crippen LogP contribution >= 0.6 is 0 Å². The maximum atomic E-state index is 13.4. The van der Waals surface area contributed by atoms with Gasteiger partial charge in [-0.15, -0.1) is 0 Å². The van der Waals surface area contributed by atoms with Gasteiger partial charge in [0.2, 0.25) is 10.0 Å². The number of hydrogen-bond acceptors (Lipinski definition) is 5. The lowest BCUT2D eigenvalue weighted by Crippen LogP contribution is -2.50. The zero-order valence-corrected chi connectivity index (χ0v) is 18.9. The third-order valence-corrected chi connectivity index (χ3v) is 9.09. The van der Waals surface area contributed by atoms with E-state index < -0.39 is 10.0 Å². The predicted octanol–water partition coefficient (Wildman–Crippen LogP) is 4.00. The van der Waals surface area contributed by atoms with Gasteiger partial charge < -0.3 is 9.47 Å². The summed E-state index contributed by atoms with van der Waals surface area (Å²) in [6.07, 6.45) is 9.00. The van der Waals surface area contributed by atoms with E-state index in [1.54, 1.807) is 22.6 Å². The molecule has 1 unspecified atom stereocenters. The van der Waals surface area contributed by atoms with Crippen molar-refractivity contribution in [2.24, 2.45) is 11.8 Å². The second-order valence-electron chi connectivity index (χ2n) is 9.43. The summed E-state index contributed by atoms with van der Waals surface area (Å²) >= 11 is 0. The molecule has 2 aromatic rings. The largest absolute Gasteiger partial charge is 0.381 e. The zero-order valence-electron chi connectivity index (χ0n) is 18.0. The van der Waals surface area contributed by atoms with E-state index in [1.165, 1.54) is 12.8 Å². The lowest BCUT2D eigenvalue weighted by molar-refractivity contribution is -0.123. The number of sulfonamides is 1. The van der Waals surface area contributed by atoms with Gasteiger partial charge in [0, 0.05) is 44.5 Å². The van der Waals surface area contributed by atoms with Crippen LogP contribution < -0.4 is 0 Å². The molecule has 1 aromatic carbocycles. The molecule has 3 fully saturated rings. The van der Waals surface area contributed by atoms with Gasteiger partial charge in [-0.1, -0.05) is 18.2 Å². The van der Waals surface area contributed by atoms with Gasteiger partial charge in [-0.3, -0.25) is 4.98 Å². The van der Waals surface area contributed by atoms with E-state index in [4.69, 9.17) is 9.47 Å². The van der Waals surface area contributed by atoms with Crippen LogP contribution in [0.4, 0.5) is 0 Å². The van der Waals surface area contributed by atoms with Crippen molar-refractivity contribution in [3.63, 3.8) is 0 Å². The van der Waals surface area contributed by atoms with Gasteiger partial charge in [-0.2, -0.15) is 4.31 Å². The number of fused-ring (bicyclic) bond motifs is 1. The second kappa shape index (κ2) is 8.77. The molecule has 2 aliphatic heterocycles. The molecule has 31 heavy (non-hydrogen) atoms. The van der Waals surface area contributed by atoms with E-state index in [-0.39, 0.29) is 5.60 Å². The maximum absolute atomic E-state index is 13.4. The van der Waals surface area contributed by atoms with Crippen LogP contribution in [0, 0.1) is 11.8 Å². The highest BCUT2D eigenvalue weighted by molar-refractivity contribution is 7.89. The minimum absolute atomic E-state index is 0.178. The Morgan fingerprint density at radius 2 is 1.90 bits per heavy atom. The molecule has 0 N–H and O–H groups in total. The Balaban J connectivity index is 1.22. The van der Waals surface area contributed by atoms with Crippen LogP contribution in [-0.4, -0.2) is 56.2 Å². The topological polar surface area (TPSA) is 68.7 Å². The summed E-state index contributed by atoms with van der Waals surface area (Å²) in [6.45, 7) is 3.52. The molecule has 0 bridgehead atoms. The Kier molecular flexibility index (Phi) is 6.03. The fraction of sp³-hybridized carbons (Fsp3) is 0.625. The third-order valence-electron chi connectivity index (χ3n) is 7.16. The van der Waals surface area contributed by atoms with Crippen molar-refractivity contribution in [1.29, 1.82) is 0 Å². The first kappa shape index (κ1) is 21.3. The molecule has 3 aliphatic rings. The van der Waals surface area contributed by atoms with Gasteiger partial charge in [0.15, 0.2) is 0 Å². The standard InChI is InChI=1S/C24H32N2O4S/c27-31(28,22-5-1-3-21-4-2-12-25-23(21)22)26-13-10-24(11-14-26)17-19(9-16-30-24)8-15-29-18-20-6-7-20/h1-5,12,19-20H,6-11,13-18H2. The van der Waals surface area contributed by atoms with Crippen LogP contribution in [0.5, 0.6) is 0 Å². The van der Waals surface area contributed by atoms with Crippen molar-refractivity contribution in [1.82, 2.24) is 9.29 Å². The van der Waals surface area contributed by atoms with Gasteiger partial charge in [-0.05, 0) is 68.9 Å². The Morgan fingerprint density at radius 1 is 1.10 bits per heavy atom. The first-order valence-corrected chi connectivity index (χ1v) is 13.1. The number of benzene rings is 1. The van der Waals surface area contributed by atoms with E-state index in [0.717, 1.165) is 63.2 Å². The predicted molar refractivity (Wildman–Crippen MR) is 119 cm³/mol. The van der Waals surface area contributed by atoms with Gasteiger partial charge in [-0.25, -0.2) is 8.42 Å². The zero-order chi connectivity index (χ0) is 21.3. The first-order valence-electron chi connectivity index (χ1n) is 11.6. The second-order valence-corrected chi connectivity index (χ2v) is 11.3. The lowest BCUT2D eigenvalue weighted by Gasteiger charge is -2.46. The van der Waals surface area contributed by atoms with Crippen molar-refractivity contribution >= 4 is 20.9 Å². The molecule has 7 heteroatoms. The molecule has 3 heterocycles. The number of nitrogens with zero attached hydrogens (tertiary/aromatic N) is 2. The molecule has 0 radical (unpaired) electrons. The average Bonchev–Trinajstić information content (AvgIpc) is 3.61. The smallest absolute Gasteiger partial charge is 0.245 e. The number of aromatic nitrogens is 1. The van der Waals surface area contributed by atoms with Crippen LogP contribution in [-0.2, 0) is 19.5 Å². The Hall–Kier alpha value is -1.54. The van der Waals surface area contributed by atoms with E-state index in [0.29, 0.717) is 29.4 Å². The summed E-state index contributed by atoms with van der Waals surface area (Å²) in [6, 6.07) is 9.09. The molecular formula is C24H32N2O4S. The van der Waals surface area contributed by atoms with Crippen LogP contribution in [0.1, 0.15) is 44.9 Å². The number of ether oxygens (including phenoxy) is 2. The van der Waals surface area contributed by atoms with Crippen LogP contribution in [0.3, 0.4) is 0 Å². The molecule has 1 saturated carbocycles. The van der Waals surface area contributed by atoms with Gasteiger partial charge in [0.05, 0.1) is 11.1 Å². The molecule has 1 aromatic heterocycles. The van der Waals surface area contributed by atoms with Crippen LogP contribution in [0.25, 0.3) is 10.9 Å². The molecular weight excluding hydrogens is 412 g/mol. The molecule has 1 aliphatic carbocycles. The Bertz CT molecular complexity index is 1010. The molecule has 168 valence electrons. The summed E-state index contributed by atoms with van der Waals surface area (Å²) in [4.78, 5) is 4.65. The fourth-order valence-corrected chi connectivity index (χ4v) is 6.67. The van der Waals surface area contributed by atoms with Gasteiger partial charge in [0.1, 0.15) is 4.90 Å². The summed E-state index contributed by atoms with van der Waals surface area (Å²) in [5, 5.41) is 0.847. The van der Waals surface area contributed by atoms with Crippen molar-refractivity contribution in [2.75, 3.05) is 32.9 Å². The van der Waals surface area contributed by atoms with Crippen LogP contribution in [0.15, 0.2) is 41.4 Å². The van der Waals surface area contributed by atoms with E-state index in [2.05, 4.69) is 4.98 Å². The monoisotopic (exact) mass is 444 g/mol. The quantitative estimate of drug-likeness (QED) is 0.604. The molecule has 1 spiro atoms. The highest BCUT2D eigenvalue weighted by Crippen LogP contribution is 2.40. The third kappa shape index (κ3) is 4.65. The van der Waals surface area contributed by atoms with Crippen molar-refractivity contribution in [3.8, 4) is 0 Å². The van der Waals surface area contributed by atoms with Gasteiger partial charge >= 0.3 is 0 Å². The highest BCUT2D eigenvalue weighted by Gasteiger charge is 2.43. The number of hydrogen-bond donors (Lipinski definition) is 0. The number of pyridine rings is 1. The lowest BCUT2D eigenvalue weighted by atomic mass is 9.79. The van der Waals surface area contributed by atoms with Gasteiger partial charge in [0.25, 0.3) is 0 Å². The Labute approximate surface area is 185 Å². The number of rotatable bonds is 7. The summed E-state index contributed by atoms with van der Waals surface area (Å²) < 4.78 is 40.5. The molecule has 2 saturated heterocycles. The molecule has 1 atom stereocenters. The van der Waals surface area contributed by atoms with E-state index >= 15 is 0 Å². The van der Waals surface area contributed by atoms with Crippen molar-refractivity contribution in [2.45, 2.75) is 55.4 Å². The maximum Gasteiger partial charge on any atom is 0.245 e. The number of piperidine rings is 1. The number of para-hydroxylation sites is 1. The normalized spacial score (nSPS) is 24.6. The summed E-state index contributed by atoms with van der Waals surface area (Å²) in [5.74, 6) is 1.42. The average molecular weight is 445 g/mol. The van der Waals surface area contributed by atoms with Crippen LogP contribution in [0.2, 0.25) is 0 Å². The first-order chi connectivity index (χ1) is 15.1. The summed E-state index contributed by atoms with van der Waals surface area (Å²) in [5.41, 5.74) is 0.369. The molecule has 0 amide bonds. The summed E-state index contributed by atoms with van der Waals surface area (Å²) in [7, 11) is -3.58.